The number of hydrogen-bond acceptors (Lipinski definition) is 5. The number of hydrogen-bond donors (Lipinski definition) is 1. The first-order chi connectivity index (χ1) is 17.3. The summed E-state index contributed by atoms with van der Waals surface area (Å²) in [5.41, 5.74) is 3.71. The average Bonchev–Trinajstić information content (AvgIpc) is 3.25. The number of para-hydroxylation sites is 1. The number of amides is 4. The number of carbonyl (C=O) groups excluding carboxylic acids is 4. The SMILES string of the molecule is CCOC(=O)N1CCN(C(=O)c2ccccc2NC(=O)C2CC(=O)N(c3ccc(C)cc3C)C2)CC1. The molecule has 2 aliphatic heterocycles. The van der Waals surface area contributed by atoms with Crippen LogP contribution in [-0.2, 0) is 14.3 Å². The van der Waals surface area contributed by atoms with Crippen molar-refractivity contribution in [3.8, 4) is 0 Å². The van der Waals surface area contributed by atoms with Crippen molar-refractivity contribution in [3.05, 3.63) is 59.2 Å². The molecule has 0 aliphatic carbocycles. The molecule has 2 aliphatic rings. The number of anilines is 2. The minimum Gasteiger partial charge on any atom is -0.450 e. The Labute approximate surface area is 211 Å². The number of aryl methyl sites for hydroxylation is 2. The zero-order chi connectivity index (χ0) is 25.8. The number of ether oxygens (including phenoxy) is 1. The largest absolute Gasteiger partial charge is 0.450 e. The van der Waals surface area contributed by atoms with Crippen molar-refractivity contribution >= 4 is 35.2 Å². The second-order valence-corrected chi connectivity index (χ2v) is 9.21. The fourth-order valence-electron chi connectivity index (χ4n) is 4.71. The molecule has 36 heavy (non-hydrogen) atoms. The molecule has 1 N–H and O–H groups in total. The summed E-state index contributed by atoms with van der Waals surface area (Å²) in [6, 6.07) is 12.8. The lowest BCUT2D eigenvalue weighted by molar-refractivity contribution is -0.122. The first-order valence-corrected chi connectivity index (χ1v) is 12.3. The third-order valence-corrected chi connectivity index (χ3v) is 6.65. The average molecular weight is 493 g/mol. The lowest BCUT2D eigenvalue weighted by Gasteiger charge is -2.34. The van der Waals surface area contributed by atoms with Gasteiger partial charge in [-0.1, -0.05) is 29.8 Å². The molecular formula is C27H32N4O5. The molecule has 9 nitrogen and oxygen atoms in total. The van der Waals surface area contributed by atoms with E-state index in [0.29, 0.717) is 50.6 Å². The third kappa shape index (κ3) is 5.35. The van der Waals surface area contributed by atoms with Gasteiger partial charge in [0.25, 0.3) is 5.91 Å². The van der Waals surface area contributed by atoms with Crippen LogP contribution in [0.4, 0.5) is 16.2 Å². The van der Waals surface area contributed by atoms with Gasteiger partial charge in [-0.2, -0.15) is 0 Å². The number of benzene rings is 2. The highest BCUT2D eigenvalue weighted by Gasteiger charge is 2.36. The van der Waals surface area contributed by atoms with E-state index >= 15 is 0 Å². The molecule has 4 rings (SSSR count). The van der Waals surface area contributed by atoms with Gasteiger partial charge in [0.2, 0.25) is 11.8 Å². The normalized spacial score (nSPS) is 17.8. The molecule has 0 spiro atoms. The molecule has 190 valence electrons. The fourth-order valence-corrected chi connectivity index (χ4v) is 4.71. The molecule has 1 unspecified atom stereocenters. The van der Waals surface area contributed by atoms with Crippen LogP contribution in [0.25, 0.3) is 0 Å². The van der Waals surface area contributed by atoms with Crippen LogP contribution in [0.15, 0.2) is 42.5 Å². The van der Waals surface area contributed by atoms with E-state index in [4.69, 9.17) is 4.74 Å². The monoisotopic (exact) mass is 492 g/mol. The summed E-state index contributed by atoms with van der Waals surface area (Å²) in [6.45, 7) is 7.83. The first kappa shape index (κ1) is 25.2. The molecule has 4 amide bonds. The smallest absolute Gasteiger partial charge is 0.409 e. The van der Waals surface area contributed by atoms with Crippen LogP contribution < -0.4 is 10.2 Å². The lowest BCUT2D eigenvalue weighted by Crippen LogP contribution is -2.50. The maximum absolute atomic E-state index is 13.3. The van der Waals surface area contributed by atoms with E-state index in [1.807, 2.05) is 32.0 Å². The first-order valence-electron chi connectivity index (χ1n) is 12.3. The number of nitrogens with zero attached hydrogens (tertiary/aromatic N) is 3. The van der Waals surface area contributed by atoms with Crippen molar-refractivity contribution in [2.24, 2.45) is 5.92 Å². The molecule has 2 saturated heterocycles. The van der Waals surface area contributed by atoms with E-state index in [0.717, 1.165) is 16.8 Å². The summed E-state index contributed by atoms with van der Waals surface area (Å²) in [5, 5.41) is 2.88. The van der Waals surface area contributed by atoms with E-state index in [1.54, 1.807) is 45.9 Å². The van der Waals surface area contributed by atoms with Crippen molar-refractivity contribution in [3.63, 3.8) is 0 Å². The van der Waals surface area contributed by atoms with Crippen LogP contribution in [0.5, 0.6) is 0 Å². The molecule has 9 heteroatoms. The van der Waals surface area contributed by atoms with Crippen molar-refractivity contribution in [2.75, 3.05) is 49.5 Å². The predicted octanol–water partition coefficient (Wildman–Crippen LogP) is 3.21. The molecule has 0 radical (unpaired) electrons. The Kier molecular flexibility index (Phi) is 7.57. The zero-order valence-electron chi connectivity index (χ0n) is 21.0. The Hall–Kier alpha value is -3.88. The molecular weight excluding hydrogens is 460 g/mol. The van der Waals surface area contributed by atoms with Gasteiger partial charge in [0, 0.05) is 44.8 Å². The van der Waals surface area contributed by atoms with Crippen molar-refractivity contribution in [1.29, 1.82) is 0 Å². The summed E-state index contributed by atoms with van der Waals surface area (Å²) in [6.07, 6.45) is -0.260. The summed E-state index contributed by atoms with van der Waals surface area (Å²) >= 11 is 0. The van der Waals surface area contributed by atoms with Gasteiger partial charge in [-0.05, 0) is 44.5 Å². The number of carbonyl (C=O) groups is 4. The van der Waals surface area contributed by atoms with Gasteiger partial charge in [-0.15, -0.1) is 0 Å². The lowest BCUT2D eigenvalue weighted by atomic mass is 10.1. The highest BCUT2D eigenvalue weighted by molar-refractivity contribution is 6.07. The van der Waals surface area contributed by atoms with E-state index in [-0.39, 0.29) is 30.2 Å². The van der Waals surface area contributed by atoms with Gasteiger partial charge in [-0.25, -0.2) is 4.79 Å². The van der Waals surface area contributed by atoms with Crippen LogP contribution in [0.3, 0.4) is 0 Å². The summed E-state index contributed by atoms with van der Waals surface area (Å²) < 4.78 is 5.04. The highest BCUT2D eigenvalue weighted by Crippen LogP contribution is 2.29. The van der Waals surface area contributed by atoms with Gasteiger partial charge >= 0.3 is 6.09 Å². The van der Waals surface area contributed by atoms with Crippen LogP contribution in [-0.4, -0.2) is 72.9 Å². The summed E-state index contributed by atoms with van der Waals surface area (Å²) in [5.74, 6) is -1.11. The van der Waals surface area contributed by atoms with Gasteiger partial charge in [0.15, 0.2) is 0 Å². The number of nitrogens with one attached hydrogen (secondary N) is 1. The maximum atomic E-state index is 13.3. The molecule has 2 aromatic carbocycles. The van der Waals surface area contributed by atoms with E-state index in [1.165, 1.54) is 0 Å². The van der Waals surface area contributed by atoms with Crippen LogP contribution in [0, 0.1) is 19.8 Å². The Balaban J connectivity index is 1.41. The van der Waals surface area contributed by atoms with Crippen molar-refractivity contribution in [2.45, 2.75) is 27.2 Å². The van der Waals surface area contributed by atoms with Crippen molar-refractivity contribution < 1.29 is 23.9 Å². The zero-order valence-corrected chi connectivity index (χ0v) is 21.0. The second-order valence-electron chi connectivity index (χ2n) is 9.21. The Morgan fingerprint density at radius 2 is 1.69 bits per heavy atom. The van der Waals surface area contributed by atoms with Crippen LogP contribution >= 0.6 is 0 Å². The predicted molar refractivity (Wildman–Crippen MR) is 136 cm³/mol. The number of piperazine rings is 1. The summed E-state index contributed by atoms with van der Waals surface area (Å²) in [7, 11) is 0. The Bertz CT molecular complexity index is 1170. The minimum atomic E-state index is -0.519. The van der Waals surface area contributed by atoms with Crippen LogP contribution in [0.1, 0.15) is 34.8 Å². The summed E-state index contributed by atoms with van der Waals surface area (Å²) in [4.78, 5) is 56.0. The molecule has 2 aromatic rings. The molecule has 1 atom stereocenters. The highest BCUT2D eigenvalue weighted by atomic mass is 16.6. The van der Waals surface area contributed by atoms with Crippen LogP contribution in [0.2, 0.25) is 0 Å². The fraction of sp³-hybridized carbons (Fsp3) is 0.407. The van der Waals surface area contributed by atoms with E-state index in [9.17, 15) is 19.2 Å². The van der Waals surface area contributed by atoms with Gasteiger partial charge < -0.3 is 24.8 Å². The standard InChI is InChI=1S/C27H32N4O5/c1-4-36-27(35)30-13-11-29(12-14-30)26(34)21-7-5-6-8-22(21)28-25(33)20-16-24(32)31(17-20)23-10-9-18(2)15-19(23)3/h5-10,15,20H,4,11-14,16-17H2,1-3H3,(H,28,33). The molecule has 0 saturated carbocycles. The van der Waals surface area contributed by atoms with E-state index < -0.39 is 5.92 Å². The maximum Gasteiger partial charge on any atom is 0.409 e. The van der Waals surface area contributed by atoms with Gasteiger partial charge in [0.05, 0.1) is 23.8 Å². The third-order valence-electron chi connectivity index (χ3n) is 6.65. The number of rotatable bonds is 5. The topological polar surface area (TPSA) is 99.3 Å². The molecule has 0 bridgehead atoms. The Morgan fingerprint density at radius 1 is 1.00 bits per heavy atom. The van der Waals surface area contributed by atoms with Gasteiger partial charge in [-0.3, -0.25) is 14.4 Å². The van der Waals surface area contributed by atoms with Crippen molar-refractivity contribution in [1.82, 2.24) is 9.80 Å². The minimum absolute atomic E-state index is 0.0917. The second kappa shape index (κ2) is 10.8. The van der Waals surface area contributed by atoms with Gasteiger partial charge in [0.1, 0.15) is 0 Å². The molecule has 2 fully saturated rings. The Morgan fingerprint density at radius 3 is 2.39 bits per heavy atom. The quantitative estimate of drug-likeness (QED) is 0.691. The van der Waals surface area contributed by atoms with E-state index in [2.05, 4.69) is 5.32 Å². The molecule has 0 aromatic heterocycles. The molecule has 2 heterocycles.